The average molecular weight is 1170 g/mol. The minimum Gasteiger partial charge on any atom is -0.481 e. The quantitative estimate of drug-likeness (QED) is 0.0208. The molecule has 0 radical (unpaired) electrons. The molecule has 0 fully saturated rings. The van der Waals surface area contributed by atoms with Gasteiger partial charge >= 0.3 is 23.9 Å². The number of aliphatic hydroxyl groups excluding tert-OH is 2. The van der Waals surface area contributed by atoms with Crippen LogP contribution in [0.15, 0.2) is 0 Å². The second-order valence-electron chi connectivity index (χ2n) is 21.0. The van der Waals surface area contributed by atoms with Gasteiger partial charge in [-0.3, -0.25) is 43.2 Å². The summed E-state index contributed by atoms with van der Waals surface area (Å²) in [7, 11) is 0. The molecule has 0 spiro atoms. The fraction of sp³-hybridized carbons (Fsp3) is 0.825. The predicted octanol–water partition coefficient (Wildman–Crippen LogP) is 5.33. The van der Waals surface area contributed by atoms with E-state index in [1.165, 1.54) is 127 Å². The zero-order valence-corrected chi connectivity index (χ0v) is 50.0. The lowest BCUT2D eigenvalue weighted by Crippen LogP contribution is -2.60. The molecule has 0 aromatic rings. The molecule has 0 aromatic carbocycles. The van der Waals surface area contributed by atoms with Gasteiger partial charge in [-0.2, -0.15) is 11.8 Å². The van der Waals surface area contributed by atoms with Gasteiger partial charge in [0.2, 0.25) is 29.5 Å². The van der Waals surface area contributed by atoms with Crippen molar-refractivity contribution in [2.75, 3.05) is 31.2 Å². The van der Waals surface area contributed by atoms with Gasteiger partial charge in [0, 0.05) is 37.2 Å². The molecule has 0 bridgehead atoms. The zero-order valence-electron chi connectivity index (χ0n) is 49.2. The fourth-order valence-corrected chi connectivity index (χ4v) is 9.40. The Morgan fingerprint density at radius 3 is 1.38 bits per heavy atom. The molecule has 24 heteroatoms. The Balaban J connectivity index is 5.04. The highest BCUT2D eigenvalue weighted by molar-refractivity contribution is 7.99. The van der Waals surface area contributed by atoms with Gasteiger partial charge in [-0.15, -0.1) is 0 Å². The number of unbranched alkanes of at least 4 members (excludes halogenated alkanes) is 24. The van der Waals surface area contributed by atoms with Crippen LogP contribution in [0.1, 0.15) is 227 Å². The highest BCUT2D eigenvalue weighted by Crippen LogP contribution is 2.17. The maximum absolute atomic E-state index is 13.1. The van der Waals surface area contributed by atoms with Crippen molar-refractivity contribution in [2.24, 2.45) is 5.73 Å². The van der Waals surface area contributed by atoms with Crippen LogP contribution in [0, 0.1) is 0 Å². The number of nitrogens with one attached hydrogen (secondary N) is 6. The van der Waals surface area contributed by atoms with E-state index in [1.807, 2.05) is 5.32 Å². The lowest BCUT2D eigenvalue weighted by molar-refractivity contribution is -0.157. The van der Waals surface area contributed by atoms with Crippen molar-refractivity contribution < 1.29 is 77.8 Å². The number of aliphatic carboxylic acids is 2. The molecule has 0 aliphatic heterocycles. The molecule has 1 unspecified atom stereocenters. The van der Waals surface area contributed by atoms with Gasteiger partial charge in [0.25, 0.3) is 5.91 Å². The van der Waals surface area contributed by atoms with Gasteiger partial charge < -0.3 is 67.5 Å². The Morgan fingerprint density at radius 2 is 0.926 bits per heavy atom. The summed E-state index contributed by atoms with van der Waals surface area (Å²) in [6.45, 7) is 5.03. The second kappa shape index (κ2) is 49.5. The first-order chi connectivity index (χ1) is 38.7. The van der Waals surface area contributed by atoms with Gasteiger partial charge in [-0.05, 0) is 33.1 Å². The number of ether oxygens (including phenoxy) is 2. The van der Waals surface area contributed by atoms with Crippen LogP contribution >= 0.6 is 11.8 Å². The molecule has 0 heterocycles. The molecule has 81 heavy (non-hydrogen) atoms. The number of carbonyl (C=O) groups excluding carboxylic acids is 8. The molecule has 468 valence electrons. The van der Waals surface area contributed by atoms with Crippen LogP contribution < -0.4 is 37.6 Å². The minimum atomic E-state index is -1.81. The van der Waals surface area contributed by atoms with Crippen LogP contribution in [0.4, 0.5) is 0 Å². The molecular weight excluding hydrogens is 1070 g/mol. The SMILES string of the molecule is CCCCCCCCCCCCCCCC(=O)OC[C@H](CSCCC(=O)N[C@@H](N)C(=O)NCC(=O)NCC(=O)NC(CCC(=O)O)C(=O)N[C@H](C(=O)N[C@H](C(=O)O)[C@@H](C)O)[C@@H](C)O)OC(=O)CCCCCCCCCCCCCCC. The molecule has 0 aliphatic carbocycles. The van der Waals surface area contributed by atoms with E-state index < -0.39 is 116 Å². The van der Waals surface area contributed by atoms with Gasteiger partial charge in [0.15, 0.2) is 12.2 Å². The van der Waals surface area contributed by atoms with Gasteiger partial charge in [-0.1, -0.05) is 168 Å². The Bertz CT molecular complexity index is 1810. The summed E-state index contributed by atoms with van der Waals surface area (Å²) in [5.74, 6) is -9.03. The number of hydrogen-bond donors (Lipinski definition) is 11. The first kappa shape index (κ1) is 75.9. The molecule has 23 nitrogen and oxygen atoms in total. The highest BCUT2D eigenvalue weighted by atomic mass is 32.2. The van der Waals surface area contributed by atoms with Crippen LogP contribution in [0.2, 0.25) is 0 Å². The van der Waals surface area contributed by atoms with E-state index in [0.29, 0.717) is 12.8 Å². The van der Waals surface area contributed by atoms with Crippen LogP contribution in [-0.4, -0.2) is 154 Å². The third-order valence-corrected chi connectivity index (χ3v) is 14.5. The predicted molar refractivity (Wildman–Crippen MR) is 309 cm³/mol. The van der Waals surface area contributed by atoms with Crippen LogP contribution in [0.3, 0.4) is 0 Å². The summed E-state index contributed by atoms with van der Waals surface area (Å²) in [5, 5.41) is 51.3. The summed E-state index contributed by atoms with van der Waals surface area (Å²) >= 11 is 1.29. The van der Waals surface area contributed by atoms with Crippen molar-refractivity contribution in [3.8, 4) is 0 Å². The Morgan fingerprint density at radius 1 is 0.481 bits per heavy atom. The number of rotatable bonds is 53. The zero-order chi connectivity index (χ0) is 60.6. The lowest BCUT2D eigenvalue weighted by Gasteiger charge is -2.26. The molecule has 0 aliphatic rings. The van der Waals surface area contributed by atoms with Crippen molar-refractivity contribution in [1.29, 1.82) is 0 Å². The minimum absolute atomic E-state index is 0.0910. The standard InChI is InChI=1S/C57H103N7O16S/c1-5-7-9-11-13-15-17-19-21-23-25-27-29-31-49(72)79-39-43(80-50(73)32-30-28-26-24-22-20-18-16-14-12-10-8-6-2)40-81-36-35-45(67)62-53(58)56(76)60-37-46(68)59-38-47(69)61-44(33-34-48(70)71)54(74)63-51(41(3)65)55(75)64-52(42(4)66)57(77)78/h41-44,51-53,65-66H,5-40,58H2,1-4H3,(H,59,68)(H,60,76)(H,61,69)(H,62,67)(H,63,74)(H,64,75)(H,70,71)(H,77,78)/t41-,42-,43-,44?,51+,52+,53-/m1/s1. The summed E-state index contributed by atoms with van der Waals surface area (Å²) in [6, 6.07) is -5.23. The normalized spacial score (nSPS) is 13.7. The summed E-state index contributed by atoms with van der Waals surface area (Å²) < 4.78 is 11.3. The van der Waals surface area contributed by atoms with Crippen LogP contribution in [0.5, 0.6) is 0 Å². The number of carbonyl (C=O) groups is 10. The van der Waals surface area contributed by atoms with Crippen molar-refractivity contribution in [3.05, 3.63) is 0 Å². The molecule has 6 amide bonds. The van der Waals surface area contributed by atoms with E-state index in [9.17, 15) is 68.4 Å². The Labute approximate surface area is 485 Å². The maximum atomic E-state index is 13.1. The summed E-state index contributed by atoms with van der Waals surface area (Å²) in [5.41, 5.74) is 5.85. The number of thioether (sulfide) groups is 1. The third-order valence-electron chi connectivity index (χ3n) is 13.4. The third kappa shape index (κ3) is 43.3. The number of carboxylic acids is 2. The van der Waals surface area contributed by atoms with Crippen molar-refractivity contribution in [3.63, 3.8) is 0 Å². The summed E-state index contributed by atoms with van der Waals surface area (Å²) in [4.78, 5) is 125. The second-order valence-corrected chi connectivity index (χ2v) is 22.1. The van der Waals surface area contributed by atoms with Gasteiger partial charge in [0.1, 0.15) is 24.8 Å². The first-order valence-electron chi connectivity index (χ1n) is 29.9. The smallest absolute Gasteiger partial charge is 0.328 e. The van der Waals surface area contributed by atoms with Gasteiger partial charge in [-0.25, -0.2) is 4.79 Å². The first-order valence-corrected chi connectivity index (χ1v) is 31.1. The van der Waals surface area contributed by atoms with E-state index in [2.05, 4.69) is 40.4 Å². The van der Waals surface area contributed by atoms with E-state index >= 15 is 0 Å². The van der Waals surface area contributed by atoms with Crippen molar-refractivity contribution >= 4 is 71.1 Å². The van der Waals surface area contributed by atoms with E-state index in [4.69, 9.17) is 15.2 Å². The number of esters is 2. The number of hydrogen-bond acceptors (Lipinski definition) is 16. The largest absolute Gasteiger partial charge is 0.481 e. The number of carboxylic acid groups (broad SMARTS) is 2. The topological polar surface area (TPSA) is 368 Å². The Hall–Kier alpha value is -5.07. The fourth-order valence-electron chi connectivity index (χ4n) is 8.48. The molecule has 7 atom stereocenters. The molecular formula is C57H103N7O16S. The van der Waals surface area contributed by atoms with Crippen LogP contribution in [0.25, 0.3) is 0 Å². The number of aliphatic hydroxyl groups is 2. The molecule has 0 saturated carbocycles. The maximum Gasteiger partial charge on any atom is 0.328 e. The molecule has 0 aromatic heterocycles. The van der Waals surface area contributed by atoms with E-state index in [0.717, 1.165) is 52.4 Å². The van der Waals surface area contributed by atoms with E-state index in [-0.39, 0.29) is 49.3 Å². The number of amides is 6. The van der Waals surface area contributed by atoms with Crippen molar-refractivity contribution in [1.82, 2.24) is 31.9 Å². The van der Waals surface area contributed by atoms with E-state index in [1.54, 1.807) is 0 Å². The lowest BCUT2D eigenvalue weighted by atomic mass is 10.0. The highest BCUT2D eigenvalue weighted by Gasteiger charge is 2.34. The molecule has 0 saturated heterocycles. The Kier molecular flexibility index (Phi) is 46.4. The van der Waals surface area contributed by atoms with Crippen LogP contribution in [-0.2, 0) is 57.4 Å². The van der Waals surface area contributed by atoms with Gasteiger partial charge in [0.05, 0.1) is 25.3 Å². The number of nitrogens with two attached hydrogens (primary N) is 1. The average Bonchev–Trinajstić information content (AvgIpc) is 3.43. The monoisotopic (exact) mass is 1170 g/mol. The molecule has 12 N–H and O–H groups in total. The van der Waals surface area contributed by atoms with Crippen molar-refractivity contribution in [2.45, 2.75) is 269 Å². The summed E-state index contributed by atoms with van der Waals surface area (Å²) in [6.07, 6.45) is 24.5. The molecule has 0 rings (SSSR count).